The molecule has 1 aliphatic rings. The molecule has 0 aromatic heterocycles. The second-order valence-electron chi connectivity index (χ2n) is 8.12. The van der Waals surface area contributed by atoms with E-state index in [-0.39, 0.29) is 11.9 Å². The van der Waals surface area contributed by atoms with Crippen LogP contribution in [0, 0.1) is 5.92 Å². The van der Waals surface area contributed by atoms with E-state index in [0.717, 1.165) is 43.6 Å². The molecule has 1 unspecified atom stereocenters. The van der Waals surface area contributed by atoms with Gasteiger partial charge in [0.1, 0.15) is 0 Å². The van der Waals surface area contributed by atoms with Gasteiger partial charge in [0.15, 0.2) is 5.11 Å². The average molecular weight is 410 g/mol. The van der Waals surface area contributed by atoms with Crippen LogP contribution >= 0.6 is 12.2 Å². The summed E-state index contributed by atoms with van der Waals surface area (Å²) in [5, 5.41) is 7.30. The molecular weight excluding hydrogens is 378 g/mol. The van der Waals surface area contributed by atoms with Crippen LogP contribution < -0.4 is 10.6 Å². The highest BCUT2D eigenvalue weighted by molar-refractivity contribution is 7.80. The van der Waals surface area contributed by atoms with Gasteiger partial charge in [-0.15, -0.1) is 0 Å². The van der Waals surface area contributed by atoms with Gasteiger partial charge in [0.2, 0.25) is 0 Å². The van der Waals surface area contributed by atoms with E-state index in [9.17, 15) is 4.79 Å². The Labute approximate surface area is 179 Å². The Morgan fingerprint density at radius 3 is 2.28 bits per heavy atom. The first-order valence-electron chi connectivity index (χ1n) is 10.5. The van der Waals surface area contributed by atoms with Gasteiger partial charge in [-0.1, -0.05) is 44.2 Å². The van der Waals surface area contributed by atoms with Gasteiger partial charge in [-0.05, 0) is 73.6 Å². The predicted octanol–water partition coefficient (Wildman–Crippen LogP) is 5.39. The molecule has 0 spiro atoms. The molecule has 2 aromatic rings. The maximum absolute atomic E-state index is 12.6. The van der Waals surface area contributed by atoms with Gasteiger partial charge in [-0.25, -0.2) is 0 Å². The smallest absolute Gasteiger partial charge is 0.253 e. The minimum Gasteiger partial charge on any atom is -0.356 e. The first kappa shape index (κ1) is 21.3. The van der Waals surface area contributed by atoms with Gasteiger partial charge in [0.25, 0.3) is 5.91 Å². The van der Waals surface area contributed by atoms with Crippen molar-refractivity contribution in [1.29, 1.82) is 0 Å². The lowest BCUT2D eigenvalue weighted by molar-refractivity contribution is 0.0724. The number of carbonyl (C=O) groups is 1. The number of nitrogens with one attached hydrogen (secondary N) is 2. The van der Waals surface area contributed by atoms with Crippen LogP contribution in [-0.2, 0) is 0 Å². The number of hydrogen-bond acceptors (Lipinski definition) is 2. The first-order valence-corrected chi connectivity index (χ1v) is 11.0. The Hall–Kier alpha value is -2.40. The zero-order valence-electron chi connectivity index (χ0n) is 17.4. The topological polar surface area (TPSA) is 44.4 Å². The van der Waals surface area contributed by atoms with Crippen LogP contribution in [0.4, 0.5) is 5.69 Å². The number of hydrogen-bond donors (Lipinski definition) is 2. The molecule has 1 amide bonds. The summed E-state index contributed by atoms with van der Waals surface area (Å²) in [4.78, 5) is 14.6. The molecule has 2 N–H and O–H groups in total. The summed E-state index contributed by atoms with van der Waals surface area (Å²) in [5.74, 6) is 0.675. The van der Waals surface area contributed by atoms with Crippen LogP contribution in [0.1, 0.15) is 61.5 Å². The Kier molecular flexibility index (Phi) is 7.64. The van der Waals surface area contributed by atoms with Crippen molar-refractivity contribution in [3.8, 4) is 0 Å². The van der Waals surface area contributed by atoms with Crippen LogP contribution in [0.3, 0.4) is 0 Å². The summed E-state index contributed by atoms with van der Waals surface area (Å²) < 4.78 is 0. The second kappa shape index (κ2) is 10.4. The maximum atomic E-state index is 12.6. The summed E-state index contributed by atoms with van der Waals surface area (Å²) >= 11 is 5.55. The van der Waals surface area contributed by atoms with Crippen LogP contribution in [0.5, 0.6) is 0 Å². The van der Waals surface area contributed by atoms with Crippen molar-refractivity contribution in [3.63, 3.8) is 0 Å². The molecule has 0 bridgehead atoms. The van der Waals surface area contributed by atoms with E-state index in [1.54, 1.807) is 0 Å². The fourth-order valence-electron chi connectivity index (χ4n) is 3.74. The molecule has 2 aromatic carbocycles. The molecule has 5 heteroatoms. The van der Waals surface area contributed by atoms with Crippen molar-refractivity contribution in [2.75, 3.05) is 18.4 Å². The number of rotatable bonds is 6. The summed E-state index contributed by atoms with van der Waals surface area (Å²) in [7, 11) is 0. The fourth-order valence-corrected chi connectivity index (χ4v) is 4.00. The van der Waals surface area contributed by atoms with Crippen molar-refractivity contribution >= 4 is 28.9 Å². The van der Waals surface area contributed by atoms with Crippen molar-refractivity contribution in [2.24, 2.45) is 5.92 Å². The Morgan fingerprint density at radius 2 is 1.66 bits per heavy atom. The molecule has 1 atom stereocenters. The molecule has 4 nitrogen and oxygen atoms in total. The summed E-state index contributed by atoms with van der Waals surface area (Å²) in [6.07, 6.45) is 4.42. The minimum atomic E-state index is 0.123. The third-order valence-corrected chi connectivity index (χ3v) is 5.47. The number of amides is 1. The minimum absolute atomic E-state index is 0.123. The zero-order chi connectivity index (χ0) is 20.6. The van der Waals surface area contributed by atoms with Crippen LogP contribution in [0.2, 0.25) is 0 Å². The first-order chi connectivity index (χ1) is 14.0. The molecule has 3 rings (SSSR count). The van der Waals surface area contributed by atoms with E-state index in [0.29, 0.717) is 11.0 Å². The number of nitrogens with zero attached hydrogens (tertiary/aromatic N) is 1. The Balaban J connectivity index is 1.60. The zero-order valence-corrected chi connectivity index (χ0v) is 18.2. The van der Waals surface area contributed by atoms with Gasteiger partial charge < -0.3 is 15.5 Å². The van der Waals surface area contributed by atoms with Gasteiger partial charge >= 0.3 is 0 Å². The van der Waals surface area contributed by atoms with E-state index in [4.69, 9.17) is 12.2 Å². The molecule has 0 aliphatic carbocycles. The largest absolute Gasteiger partial charge is 0.356 e. The number of piperidine rings is 1. The lowest BCUT2D eigenvalue weighted by atomic mass is 9.97. The molecule has 1 aliphatic heterocycles. The third kappa shape index (κ3) is 6.29. The molecule has 1 fully saturated rings. The Morgan fingerprint density at radius 1 is 1.00 bits per heavy atom. The SMILES string of the molecule is CC(C)CC(NC(=S)Nc1ccc(C(=O)N2CCCCC2)cc1)c1ccccc1. The summed E-state index contributed by atoms with van der Waals surface area (Å²) in [6, 6.07) is 18.2. The normalized spacial score (nSPS) is 15.1. The highest BCUT2D eigenvalue weighted by Gasteiger charge is 2.18. The number of carbonyl (C=O) groups excluding carboxylic acids is 1. The van der Waals surface area contributed by atoms with Gasteiger partial charge in [0, 0.05) is 24.3 Å². The molecule has 154 valence electrons. The third-order valence-electron chi connectivity index (χ3n) is 5.25. The van der Waals surface area contributed by atoms with Gasteiger partial charge in [0.05, 0.1) is 6.04 Å². The van der Waals surface area contributed by atoms with Crippen LogP contribution in [-0.4, -0.2) is 29.0 Å². The highest BCUT2D eigenvalue weighted by Crippen LogP contribution is 2.21. The fraction of sp³-hybridized carbons (Fsp3) is 0.417. The lowest BCUT2D eigenvalue weighted by Gasteiger charge is -2.26. The Bertz CT molecular complexity index is 799. The van der Waals surface area contributed by atoms with Crippen molar-refractivity contribution in [3.05, 3.63) is 65.7 Å². The van der Waals surface area contributed by atoms with Crippen molar-refractivity contribution in [1.82, 2.24) is 10.2 Å². The average Bonchev–Trinajstić information content (AvgIpc) is 2.74. The number of thiocarbonyl (C=S) groups is 1. The monoisotopic (exact) mass is 409 g/mol. The predicted molar refractivity (Wildman–Crippen MR) is 124 cm³/mol. The van der Waals surface area contributed by atoms with E-state index in [1.165, 1.54) is 12.0 Å². The summed E-state index contributed by atoms with van der Waals surface area (Å²) in [6.45, 7) is 6.16. The second-order valence-corrected chi connectivity index (χ2v) is 8.53. The quantitative estimate of drug-likeness (QED) is 0.628. The maximum Gasteiger partial charge on any atom is 0.253 e. The molecule has 1 saturated heterocycles. The highest BCUT2D eigenvalue weighted by atomic mass is 32.1. The number of likely N-dealkylation sites (tertiary alicyclic amines) is 1. The van der Waals surface area contributed by atoms with E-state index >= 15 is 0 Å². The van der Waals surface area contributed by atoms with Crippen molar-refractivity contribution in [2.45, 2.75) is 45.6 Å². The molecule has 0 saturated carbocycles. The van der Waals surface area contributed by atoms with Gasteiger partial charge in [-0.3, -0.25) is 4.79 Å². The van der Waals surface area contributed by atoms with E-state index < -0.39 is 0 Å². The van der Waals surface area contributed by atoms with Gasteiger partial charge in [-0.2, -0.15) is 0 Å². The van der Waals surface area contributed by atoms with Crippen molar-refractivity contribution < 1.29 is 4.79 Å². The standard InChI is InChI=1S/C24H31N3OS/c1-18(2)17-22(19-9-5-3-6-10-19)26-24(29)25-21-13-11-20(12-14-21)23(28)27-15-7-4-8-16-27/h3,5-6,9-14,18,22H,4,7-8,15-17H2,1-2H3,(H2,25,26,29). The number of benzene rings is 2. The lowest BCUT2D eigenvalue weighted by Crippen LogP contribution is -2.35. The molecule has 29 heavy (non-hydrogen) atoms. The molecule has 0 radical (unpaired) electrons. The number of anilines is 1. The van der Waals surface area contributed by atoms with E-state index in [1.807, 2.05) is 35.2 Å². The van der Waals surface area contributed by atoms with Crippen LogP contribution in [0.15, 0.2) is 54.6 Å². The molecule has 1 heterocycles. The van der Waals surface area contributed by atoms with E-state index in [2.05, 4.69) is 48.7 Å². The van der Waals surface area contributed by atoms with Crippen LogP contribution in [0.25, 0.3) is 0 Å². The summed E-state index contributed by atoms with van der Waals surface area (Å²) in [5.41, 5.74) is 2.85. The molecular formula is C24H31N3OS.